The highest BCUT2D eigenvalue weighted by molar-refractivity contribution is 8.00. The minimum Gasteiger partial charge on any atom is -0.508 e. The van der Waals surface area contributed by atoms with Gasteiger partial charge in [0.1, 0.15) is 78.0 Å². The van der Waals surface area contributed by atoms with Crippen LogP contribution in [0.25, 0.3) is 10.9 Å². The van der Waals surface area contributed by atoms with Crippen molar-refractivity contribution < 1.29 is 82.1 Å². The van der Waals surface area contributed by atoms with Crippen molar-refractivity contribution in [2.24, 2.45) is 17.6 Å². The molecule has 680 valence electrons. The van der Waals surface area contributed by atoms with E-state index in [4.69, 9.17) is 5.73 Å². The van der Waals surface area contributed by atoms with Gasteiger partial charge < -0.3 is 88.0 Å². The number of hydrogen-bond donors (Lipinski definition) is 12. The summed E-state index contributed by atoms with van der Waals surface area (Å²) in [4.78, 5) is 231. The molecule has 7 aromatic rings. The maximum Gasteiger partial charge on any atom is 0.246 e. The fourth-order valence-electron chi connectivity index (χ4n) is 15.0. The number of thioether (sulfide) groups is 1. The van der Waals surface area contributed by atoms with E-state index in [2.05, 4.69) is 47.5 Å². The van der Waals surface area contributed by atoms with Crippen molar-refractivity contribution in [3.63, 3.8) is 0 Å². The van der Waals surface area contributed by atoms with Crippen LogP contribution in [0.15, 0.2) is 170 Å². The molecule has 14 amide bonds. The van der Waals surface area contributed by atoms with E-state index in [0.29, 0.717) is 57.1 Å². The lowest BCUT2D eigenvalue weighted by atomic mass is 9.98. The molecule has 0 bridgehead atoms. The van der Waals surface area contributed by atoms with Crippen molar-refractivity contribution in [3.8, 4) is 11.5 Å². The number of nitrogens with two attached hydrogens (primary N) is 1. The molecule has 127 heavy (non-hydrogen) atoms. The number of amides is 14. The van der Waals surface area contributed by atoms with Crippen LogP contribution >= 0.6 is 11.8 Å². The number of aromatic nitrogens is 1. The highest BCUT2D eigenvalue weighted by Crippen LogP contribution is 2.25. The third-order valence-electron chi connectivity index (χ3n) is 22.6. The zero-order valence-corrected chi connectivity index (χ0v) is 74.9. The van der Waals surface area contributed by atoms with E-state index in [9.17, 15) is 43.8 Å². The van der Waals surface area contributed by atoms with E-state index in [1.54, 1.807) is 149 Å². The number of unbranched alkanes of at least 4 members (excludes halogenated alkanes) is 1. The monoisotopic (exact) mass is 1760 g/mol. The molecule has 0 radical (unpaired) electrons. The molecular formula is C94H121N15O17S. The molecule has 0 unspecified atom stereocenters. The lowest BCUT2D eigenvalue weighted by Crippen LogP contribution is -2.61. The number of carbonyl (C=O) groups excluding carboxylic acids is 15. The summed E-state index contributed by atoms with van der Waals surface area (Å²) in [7, 11) is 6.88. The number of Topliss-reactive ketones (excluding diaryl/α,β-unsaturated/α-hetero) is 1. The maximum atomic E-state index is 15.6. The number of ketones is 1. The number of rotatable bonds is 22. The fourth-order valence-corrected chi connectivity index (χ4v) is 15.8. The van der Waals surface area contributed by atoms with Crippen LogP contribution < -0.4 is 48.3 Å². The molecule has 13 N–H and O–H groups in total. The third kappa shape index (κ3) is 29.3. The summed E-state index contributed by atoms with van der Waals surface area (Å²) in [5, 5.41) is 43.7. The molecule has 33 heteroatoms. The summed E-state index contributed by atoms with van der Waals surface area (Å²) in [6.45, 7) is 10.8. The number of fused-ring (bicyclic) bond motifs is 1. The van der Waals surface area contributed by atoms with E-state index in [1.807, 2.05) is 6.92 Å². The van der Waals surface area contributed by atoms with Crippen molar-refractivity contribution in [3.05, 3.63) is 203 Å². The first-order chi connectivity index (χ1) is 60.4. The number of carbonyl (C=O) groups is 15. The molecule has 1 aromatic heterocycles. The lowest BCUT2D eigenvalue weighted by Gasteiger charge is -2.38. The quantitative estimate of drug-likeness (QED) is 0.0444. The van der Waals surface area contributed by atoms with Crippen LogP contribution in [0.3, 0.4) is 0 Å². The molecule has 0 saturated carbocycles. The van der Waals surface area contributed by atoms with Crippen molar-refractivity contribution in [1.29, 1.82) is 0 Å². The second kappa shape index (κ2) is 48.0. The SMILES string of the molecule is CCCC[C@H]1C(=O)N(C)[C@@H](C)C(=O)N[C@@H](C)C(=O)N[C@@H](C(C)C)C(=O)N(C)[C@@H](Cc2ccccc2)C(=O)N[C@@H](Cc2ccc(O)cc2)C(=O)N(C)CC(=O)N[C@@H](Cc2c[nH]c3ccccc23)C(=O)N[C@@H](Cc2ccc(O)cc2)C(=O)N[C@@H](CC(C)C)C(=O)N[C@H](C(=O)CCC(N)=O)CSCC(=O)N[C@@H](Cc2ccccc2)C(=O)N(C)[C@@H](Cc2ccccc2)C(=O)N1C. The number of aromatic hydroxyl groups is 2. The number of phenolic OH excluding ortho intramolecular Hbond substituents is 2. The normalized spacial score (nSPS) is 22.7. The van der Waals surface area contributed by atoms with E-state index in [-0.39, 0.29) is 74.5 Å². The third-order valence-corrected chi connectivity index (χ3v) is 23.6. The number of aromatic amines is 1. The van der Waals surface area contributed by atoms with Crippen LogP contribution in [0, 0.1) is 11.8 Å². The van der Waals surface area contributed by atoms with E-state index in [0.717, 1.165) is 26.5 Å². The lowest BCUT2D eigenvalue weighted by molar-refractivity contribution is -0.152. The molecule has 12 atom stereocenters. The molecule has 1 fully saturated rings. The van der Waals surface area contributed by atoms with Gasteiger partial charge in [0.15, 0.2) is 5.78 Å². The number of benzene rings is 6. The van der Waals surface area contributed by atoms with Crippen molar-refractivity contribution >= 4 is 111 Å². The highest BCUT2D eigenvalue weighted by atomic mass is 32.2. The maximum absolute atomic E-state index is 15.6. The number of phenols is 2. The number of H-pyrrole nitrogens is 1. The Hall–Kier alpha value is -12.9. The van der Waals surface area contributed by atoms with Crippen molar-refractivity contribution in [2.75, 3.05) is 53.3 Å². The Morgan fingerprint density at radius 3 is 1.46 bits per heavy atom. The molecule has 32 nitrogen and oxygen atoms in total. The molecule has 1 aliphatic rings. The van der Waals surface area contributed by atoms with Gasteiger partial charge in [0, 0.05) is 109 Å². The molecule has 1 aliphatic heterocycles. The van der Waals surface area contributed by atoms with Crippen LogP contribution in [0.5, 0.6) is 11.5 Å². The second-order valence-corrected chi connectivity index (χ2v) is 34.3. The molecular weight excluding hydrogens is 1640 g/mol. The van der Waals surface area contributed by atoms with Gasteiger partial charge in [0.2, 0.25) is 82.7 Å². The number of hydrogen-bond acceptors (Lipinski definition) is 18. The van der Waals surface area contributed by atoms with Crippen LogP contribution in [0.1, 0.15) is 120 Å². The second-order valence-electron chi connectivity index (χ2n) is 33.3. The molecule has 2 heterocycles. The van der Waals surface area contributed by atoms with Crippen LogP contribution in [-0.2, 0) is 110 Å². The number of primary amides is 1. The average Bonchev–Trinajstić information content (AvgIpc) is 1.79. The van der Waals surface area contributed by atoms with Gasteiger partial charge in [-0.3, -0.25) is 71.9 Å². The smallest absolute Gasteiger partial charge is 0.246 e. The summed E-state index contributed by atoms with van der Waals surface area (Å²) in [6.07, 6.45) is 0.782. The first kappa shape index (κ1) is 99.5. The number of nitrogens with zero attached hydrogens (tertiary/aromatic N) is 5. The summed E-state index contributed by atoms with van der Waals surface area (Å²) in [5.74, 6) is -13.9. The average molecular weight is 1770 g/mol. The Morgan fingerprint density at radius 1 is 0.449 bits per heavy atom. The van der Waals surface area contributed by atoms with Crippen molar-refractivity contribution in [1.82, 2.24) is 72.0 Å². The topological polar surface area (TPSA) is 451 Å². The summed E-state index contributed by atoms with van der Waals surface area (Å²) in [6, 6.07) is 28.1. The Kier molecular flexibility index (Phi) is 37.6. The Balaban J connectivity index is 1.20. The van der Waals surface area contributed by atoms with Gasteiger partial charge in [0.05, 0.1) is 18.3 Å². The Bertz CT molecular complexity index is 4960. The molecule has 1 saturated heterocycles. The first-order valence-corrected chi connectivity index (χ1v) is 43.9. The van der Waals surface area contributed by atoms with Gasteiger partial charge in [-0.15, -0.1) is 11.8 Å². The van der Waals surface area contributed by atoms with Gasteiger partial charge in [-0.25, -0.2) is 0 Å². The van der Waals surface area contributed by atoms with Crippen LogP contribution in [-0.4, -0.2) is 254 Å². The minimum atomic E-state index is -1.57. The standard InChI is InChI=1S/C94H121N15O17S/c1-13-14-34-76-92(124)106(9)59(7)85(117)97-58(6)84(116)104-83(57(4)5)94(126)108(11)77(49-61-28-20-16-21-29-61)89(121)102-73(48-64-37-41-67(111)42-38-64)90(122)105(8)53-81(114)98-72(51-65-52-96-69-33-25-24-32-68(65)69)88(120)101-71(46-63-35-39-66(110)40-36-63)87(119)100-70(45-56(2)3)86(118)103-75(79(112)43-44-80(95)113)54-127-55-82(115)99-74(47-60-26-18-15-19-27-60)91(123)109(12)78(93(125)107(76)10)50-62-30-22-17-23-31-62/h15-33,35-42,52,56-59,70-78,83,96,110-111H,13-14,34,43-51,53-55H2,1-12H3,(H2,95,113)(H,97,117)(H,98,114)(H,99,115)(H,100,119)(H,101,120)(H,102,121)(H,103,118)(H,104,116)/t58-,59-,70-,71-,72-,73-,74-,75-,76-,77-,78-,83-/m0/s1. The van der Waals surface area contributed by atoms with E-state index in [1.165, 1.54) is 107 Å². The largest absolute Gasteiger partial charge is 0.508 e. The zero-order valence-electron chi connectivity index (χ0n) is 74.1. The first-order valence-electron chi connectivity index (χ1n) is 42.8. The highest BCUT2D eigenvalue weighted by Gasteiger charge is 2.43. The fraction of sp³-hybridized carbons (Fsp3) is 0.436. The van der Waals surface area contributed by atoms with Crippen LogP contribution in [0.2, 0.25) is 0 Å². The Morgan fingerprint density at radius 2 is 0.913 bits per heavy atom. The number of likely N-dealkylation sites (N-methyl/N-ethyl adjacent to an activating group) is 5. The molecule has 6 aromatic carbocycles. The molecule has 0 aliphatic carbocycles. The molecule has 0 spiro atoms. The van der Waals surface area contributed by atoms with Gasteiger partial charge in [0.25, 0.3) is 0 Å². The number of para-hydroxylation sites is 1. The zero-order chi connectivity index (χ0) is 92.9. The molecule has 8 rings (SSSR count). The van der Waals surface area contributed by atoms with Crippen molar-refractivity contribution in [2.45, 2.75) is 198 Å². The van der Waals surface area contributed by atoms with Crippen LogP contribution in [0.4, 0.5) is 0 Å². The van der Waals surface area contributed by atoms with E-state index >= 15 is 38.4 Å². The van der Waals surface area contributed by atoms with Gasteiger partial charge >= 0.3 is 0 Å². The number of nitrogens with one attached hydrogen (secondary N) is 9. The predicted octanol–water partition coefficient (Wildman–Crippen LogP) is 4.49. The van der Waals surface area contributed by atoms with Gasteiger partial charge in [-0.05, 0) is 102 Å². The minimum absolute atomic E-state index is 0.0577. The van der Waals surface area contributed by atoms with E-state index < -0.39 is 192 Å². The summed E-state index contributed by atoms with van der Waals surface area (Å²) < 4.78 is 0. The predicted molar refractivity (Wildman–Crippen MR) is 481 cm³/mol. The summed E-state index contributed by atoms with van der Waals surface area (Å²) in [5.41, 5.74) is 9.44. The van der Waals surface area contributed by atoms with Gasteiger partial charge in [-0.2, -0.15) is 0 Å². The van der Waals surface area contributed by atoms with Gasteiger partial charge in [-0.1, -0.05) is 181 Å². The Labute approximate surface area is 745 Å². The summed E-state index contributed by atoms with van der Waals surface area (Å²) >= 11 is 0.890.